The van der Waals surface area contributed by atoms with E-state index in [2.05, 4.69) is 105 Å². The Labute approximate surface area is 183 Å². The van der Waals surface area contributed by atoms with Crippen LogP contribution in [0.2, 0.25) is 0 Å². The molecule has 30 heavy (non-hydrogen) atoms. The molecule has 0 saturated heterocycles. The zero-order valence-corrected chi connectivity index (χ0v) is 19.0. The maximum Gasteiger partial charge on any atom is 0.0710 e. The van der Waals surface area contributed by atoms with Gasteiger partial charge in [0.1, 0.15) is 0 Å². The monoisotopic (exact) mass is 394 g/mol. The van der Waals surface area contributed by atoms with E-state index in [9.17, 15) is 0 Å². The second-order valence-corrected chi connectivity index (χ2v) is 6.55. The molecule has 0 N–H and O–H groups in total. The number of hydrogen-bond acceptors (Lipinski definition) is 0. The van der Waals surface area contributed by atoms with Crippen molar-refractivity contribution in [3.05, 3.63) is 132 Å². The molecule has 4 rings (SSSR count). The van der Waals surface area contributed by atoms with Crippen molar-refractivity contribution in [1.82, 2.24) is 0 Å². The van der Waals surface area contributed by atoms with E-state index in [-0.39, 0.29) is 5.41 Å². The molecule has 3 aromatic rings. The van der Waals surface area contributed by atoms with E-state index in [1.54, 1.807) is 0 Å². The highest BCUT2D eigenvalue weighted by atomic mass is 14.5. The highest BCUT2D eigenvalue weighted by Crippen LogP contribution is 2.56. The minimum atomic E-state index is -0.303. The molecule has 0 spiro atoms. The third-order valence-corrected chi connectivity index (χ3v) is 5.31. The third kappa shape index (κ3) is 3.83. The maximum absolute atomic E-state index is 3.86. The predicted molar refractivity (Wildman–Crippen MR) is 134 cm³/mol. The van der Waals surface area contributed by atoms with E-state index in [4.69, 9.17) is 0 Å². The van der Waals surface area contributed by atoms with E-state index >= 15 is 0 Å². The van der Waals surface area contributed by atoms with Gasteiger partial charge in [-0.05, 0) is 40.3 Å². The topological polar surface area (TPSA) is 0 Å². The van der Waals surface area contributed by atoms with Gasteiger partial charge in [-0.25, -0.2) is 0 Å². The Morgan fingerprint density at radius 3 is 1.63 bits per heavy atom. The molecule has 0 unspecified atom stereocenters. The van der Waals surface area contributed by atoms with Crippen LogP contribution >= 0.6 is 0 Å². The average molecular weight is 395 g/mol. The van der Waals surface area contributed by atoms with Gasteiger partial charge in [0.2, 0.25) is 0 Å². The Balaban J connectivity index is 0.000000757. The van der Waals surface area contributed by atoms with Gasteiger partial charge in [-0.1, -0.05) is 137 Å². The minimum Gasteiger partial charge on any atom is -0.0991 e. The molecule has 1 aliphatic rings. The standard InChI is InChI=1S/C26H22.2C2H6/c1-3-5-13-20(4-2)26(21-14-7-6-8-15-21)24-18-11-9-16-22(24)23-17-10-12-19-25(23)26;2*1-2/h3-19H,1H2,2H3;2*1-2H3/b13-5-,20-4+;;. The fourth-order valence-corrected chi connectivity index (χ4v) is 4.32. The zero-order valence-electron chi connectivity index (χ0n) is 19.0. The van der Waals surface area contributed by atoms with Crippen molar-refractivity contribution >= 4 is 0 Å². The molecule has 0 aliphatic heterocycles. The van der Waals surface area contributed by atoms with Gasteiger partial charge in [0.15, 0.2) is 0 Å². The van der Waals surface area contributed by atoms with E-state index < -0.39 is 0 Å². The normalized spacial score (nSPS) is 13.3. The van der Waals surface area contributed by atoms with Crippen molar-refractivity contribution in [2.75, 3.05) is 0 Å². The summed E-state index contributed by atoms with van der Waals surface area (Å²) in [7, 11) is 0. The summed E-state index contributed by atoms with van der Waals surface area (Å²) in [4.78, 5) is 0. The van der Waals surface area contributed by atoms with Crippen molar-refractivity contribution in [3.63, 3.8) is 0 Å². The van der Waals surface area contributed by atoms with Crippen molar-refractivity contribution in [3.8, 4) is 11.1 Å². The van der Waals surface area contributed by atoms with Crippen LogP contribution in [0.4, 0.5) is 0 Å². The highest BCUT2D eigenvalue weighted by Gasteiger charge is 2.45. The van der Waals surface area contributed by atoms with Gasteiger partial charge >= 0.3 is 0 Å². The largest absolute Gasteiger partial charge is 0.0991 e. The van der Waals surface area contributed by atoms with Crippen LogP contribution in [0, 0.1) is 0 Å². The van der Waals surface area contributed by atoms with Crippen molar-refractivity contribution in [2.45, 2.75) is 40.0 Å². The molecule has 0 atom stereocenters. The van der Waals surface area contributed by atoms with E-state index in [1.165, 1.54) is 33.4 Å². The molecular formula is C30H34. The average Bonchev–Trinajstić information content (AvgIpc) is 3.14. The summed E-state index contributed by atoms with van der Waals surface area (Å²) in [6.45, 7) is 14.0. The first-order valence-corrected chi connectivity index (χ1v) is 11.0. The van der Waals surface area contributed by atoms with E-state index in [0.717, 1.165) is 0 Å². The maximum atomic E-state index is 3.86. The first-order valence-electron chi connectivity index (χ1n) is 11.0. The Hall–Kier alpha value is -3.12. The lowest BCUT2D eigenvalue weighted by Gasteiger charge is -2.34. The predicted octanol–water partition coefficient (Wildman–Crippen LogP) is 8.74. The van der Waals surface area contributed by atoms with Crippen molar-refractivity contribution in [2.24, 2.45) is 0 Å². The molecular weight excluding hydrogens is 360 g/mol. The number of allylic oxidation sites excluding steroid dienone is 5. The smallest absolute Gasteiger partial charge is 0.0710 e. The fraction of sp³-hybridized carbons (Fsp3) is 0.200. The third-order valence-electron chi connectivity index (χ3n) is 5.31. The van der Waals surface area contributed by atoms with Crippen molar-refractivity contribution in [1.29, 1.82) is 0 Å². The molecule has 1 aliphatic carbocycles. The van der Waals surface area contributed by atoms with Crippen LogP contribution in [-0.2, 0) is 5.41 Å². The Kier molecular flexibility index (Phi) is 8.62. The van der Waals surface area contributed by atoms with Crippen LogP contribution < -0.4 is 0 Å². The van der Waals surface area contributed by atoms with Crippen LogP contribution in [-0.4, -0.2) is 0 Å². The SMILES string of the molecule is C=C/C=C\C(=C/C)C1(c2ccccc2)c2ccccc2-c2ccccc21.CC.CC. The van der Waals surface area contributed by atoms with E-state index in [0.29, 0.717) is 0 Å². The highest BCUT2D eigenvalue weighted by molar-refractivity contribution is 5.86. The van der Waals surface area contributed by atoms with Gasteiger partial charge in [0.05, 0.1) is 5.41 Å². The molecule has 0 aromatic heterocycles. The molecule has 0 bridgehead atoms. The van der Waals surface area contributed by atoms with Crippen LogP contribution in [0.3, 0.4) is 0 Å². The quantitative estimate of drug-likeness (QED) is 0.388. The molecule has 0 amide bonds. The van der Waals surface area contributed by atoms with Gasteiger partial charge in [0.25, 0.3) is 0 Å². The Morgan fingerprint density at radius 2 is 1.17 bits per heavy atom. The number of fused-ring (bicyclic) bond motifs is 3. The minimum absolute atomic E-state index is 0.303. The summed E-state index contributed by atoms with van der Waals surface area (Å²) < 4.78 is 0. The van der Waals surface area contributed by atoms with Gasteiger partial charge in [-0.2, -0.15) is 0 Å². The number of benzene rings is 3. The van der Waals surface area contributed by atoms with Crippen molar-refractivity contribution < 1.29 is 0 Å². The lowest BCUT2D eigenvalue weighted by molar-refractivity contribution is 0.765. The van der Waals surface area contributed by atoms with E-state index in [1.807, 2.05) is 39.8 Å². The lowest BCUT2D eigenvalue weighted by Crippen LogP contribution is -2.28. The molecule has 0 nitrogen and oxygen atoms in total. The van der Waals surface area contributed by atoms with Crippen LogP contribution in [0.5, 0.6) is 0 Å². The van der Waals surface area contributed by atoms with Gasteiger partial charge < -0.3 is 0 Å². The second kappa shape index (κ2) is 11.2. The molecule has 0 heterocycles. The first kappa shape index (κ1) is 23.2. The fourth-order valence-electron chi connectivity index (χ4n) is 4.32. The summed E-state index contributed by atoms with van der Waals surface area (Å²) in [6, 6.07) is 28.4. The zero-order chi connectivity index (χ0) is 22.0. The molecule has 0 fully saturated rings. The summed E-state index contributed by atoms with van der Waals surface area (Å²) >= 11 is 0. The van der Waals surface area contributed by atoms with Crippen LogP contribution in [0.1, 0.15) is 51.3 Å². The Bertz CT molecular complexity index is 957. The van der Waals surface area contributed by atoms with Gasteiger partial charge in [-0.3, -0.25) is 0 Å². The molecule has 0 saturated carbocycles. The second-order valence-electron chi connectivity index (χ2n) is 6.55. The molecule has 3 aromatic carbocycles. The summed E-state index contributed by atoms with van der Waals surface area (Å²) in [5, 5.41) is 0. The molecule has 154 valence electrons. The van der Waals surface area contributed by atoms with Gasteiger partial charge in [-0.15, -0.1) is 0 Å². The first-order chi connectivity index (χ1) is 14.8. The summed E-state index contributed by atoms with van der Waals surface area (Å²) in [5.74, 6) is 0. The summed E-state index contributed by atoms with van der Waals surface area (Å²) in [5.41, 5.74) is 7.57. The van der Waals surface area contributed by atoms with Crippen LogP contribution in [0.15, 0.2) is 115 Å². The number of rotatable bonds is 4. The molecule has 0 heteroatoms. The Morgan fingerprint density at radius 1 is 0.700 bits per heavy atom. The summed E-state index contributed by atoms with van der Waals surface area (Å²) in [6.07, 6.45) is 8.29. The number of hydrogen-bond donors (Lipinski definition) is 0. The lowest BCUT2D eigenvalue weighted by atomic mass is 9.67. The van der Waals surface area contributed by atoms with Gasteiger partial charge in [0, 0.05) is 0 Å². The molecule has 0 radical (unpaired) electrons. The van der Waals surface area contributed by atoms with Crippen LogP contribution in [0.25, 0.3) is 11.1 Å².